The SMILES string of the molecule is COc1ccc(COCCCNC(=O)OC(C)(C)C)cc1. The van der Waals surface area contributed by atoms with Gasteiger partial charge < -0.3 is 19.5 Å². The molecule has 5 heteroatoms. The molecule has 0 bridgehead atoms. The Kier molecular flexibility index (Phi) is 7.02. The first-order chi connectivity index (χ1) is 9.90. The number of alkyl carbamates (subject to hydrolysis) is 1. The molecule has 0 spiro atoms. The Morgan fingerprint density at radius 2 is 1.86 bits per heavy atom. The summed E-state index contributed by atoms with van der Waals surface area (Å²) in [6.45, 7) is 7.19. The second-order valence-electron chi connectivity index (χ2n) is 5.68. The number of methoxy groups -OCH3 is 1. The molecule has 0 fully saturated rings. The topological polar surface area (TPSA) is 56.8 Å². The van der Waals surface area contributed by atoms with Gasteiger partial charge >= 0.3 is 6.09 Å². The summed E-state index contributed by atoms with van der Waals surface area (Å²) < 4.78 is 15.8. The zero-order valence-electron chi connectivity index (χ0n) is 13.3. The Morgan fingerprint density at radius 1 is 1.19 bits per heavy atom. The van der Waals surface area contributed by atoms with Gasteiger partial charge in [0.15, 0.2) is 0 Å². The molecule has 0 saturated heterocycles. The van der Waals surface area contributed by atoms with E-state index in [1.165, 1.54) is 0 Å². The van der Waals surface area contributed by atoms with Crippen LogP contribution in [0.1, 0.15) is 32.8 Å². The van der Waals surface area contributed by atoms with Crippen molar-refractivity contribution < 1.29 is 19.0 Å². The van der Waals surface area contributed by atoms with Crippen LogP contribution in [0.25, 0.3) is 0 Å². The monoisotopic (exact) mass is 295 g/mol. The van der Waals surface area contributed by atoms with Gasteiger partial charge in [-0.15, -0.1) is 0 Å². The molecule has 0 aliphatic rings. The predicted molar refractivity (Wildman–Crippen MR) is 81.5 cm³/mol. The Bertz CT molecular complexity index is 423. The first-order valence-corrected chi connectivity index (χ1v) is 7.08. The van der Waals surface area contributed by atoms with Gasteiger partial charge in [0.05, 0.1) is 13.7 Å². The van der Waals surface area contributed by atoms with E-state index in [0.717, 1.165) is 17.7 Å². The van der Waals surface area contributed by atoms with E-state index in [9.17, 15) is 4.79 Å². The van der Waals surface area contributed by atoms with E-state index in [1.807, 2.05) is 45.0 Å². The molecule has 1 aromatic rings. The maximum Gasteiger partial charge on any atom is 0.407 e. The smallest absolute Gasteiger partial charge is 0.407 e. The van der Waals surface area contributed by atoms with Crippen molar-refractivity contribution in [3.8, 4) is 5.75 Å². The van der Waals surface area contributed by atoms with Crippen molar-refractivity contribution in [1.82, 2.24) is 5.32 Å². The van der Waals surface area contributed by atoms with Crippen LogP contribution in [0.3, 0.4) is 0 Å². The second kappa shape index (κ2) is 8.52. The summed E-state index contributed by atoms with van der Waals surface area (Å²) in [5.41, 5.74) is 0.630. The lowest BCUT2D eigenvalue weighted by Gasteiger charge is -2.19. The molecule has 118 valence electrons. The summed E-state index contributed by atoms with van der Waals surface area (Å²) in [5, 5.41) is 2.70. The summed E-state index contributed by atoms with van der Waals surface area (Å²) >= 11 is 0. The highest BCUT2D eigenvalue weighted by Crippen LogP contribution is 2.12. The maximum atomic E-state index is 11.4. The molecular formula is C16H25NO4. The van der Waals surface area contributed by atoms with Crippen molar-refractivity contribution in [3.63, 3.8) is 0 Å². The number of carbonyl (C=O) groups is 1. The first kappa shape index (κ1) is 17.3. The minimum absolute atomic E-state index is 0.391. The summed E-state index contributed by atoms with van der Waals surface area (Å²) in [4.78, 5) is 11.4. The second-order valence-corrected chi connectivity index (χ2v) is 5.68. The molecule has 0 radical (unpaired) electrons. The van der Waals surface area contributed by atoms with Crippen LogP contribution >= 0.6 is 0 Å². The highest BCUT2D eigenvalue weighted by atomic mass is 16.6. The van der Waals surface area contributed by atoms with Crippen LogP contribution in [0.4, 0.5) is 4.79 Å². The van der Waals surface area contributed by atoms with Crippen LogP contribution in [0.5, 0.6) is 5.75 Å². The van der Waals surface area contributed by atoms with E-state index < -0.39 is 11.7 Å². The van der Waals surface area contributed by atoms with Gasteiger partial charge in [-0.25, -0.2) is 4.79 Å². The lowest BCUT2D eigenvalue weighted by molar-refractivity contribution is 0.0518. The van der Waals surface area contributed by atoms with Crippen LogP contribution < -0.4 is 10.1 Å². The molecule has 5 nitrogen and oxygen atoms in total. The largest absolute Gasteiger partial charge is 0.497 e. The van der Waals surface area contributed by atoms with Crippen LogP contribution in [-0.2, 0) is 16.1 Å². The fourth-order valence-electron chi connectivity index (χ4n) is 1.59. The number of ether oxygens (including phenoxy) is 3. The van der Waals surface area contributed by atoms with Gasteiger partial charge in [-0.1, -0.05) is 12.1 Å². The third kappa shape index (κ3) is 8.19. The quantitative estimate of drug-likeness (QED) is 0.785. The lowest BCUT2D eigenvalue weighted by Crippen LogP contribution is -2.33. The van der Waals surface area contributed by atoms with E-state index in [-0.39, 0.29) is 0 Å². The van der Waals surface area contributed by atoms with Crippen LogP contribution in [-0.4, -0.2) is 32.0 Å². The predicted octanol–water partition coefficient (Wildman–Crippen LogP) is 3.13. The average Bonchev–Trinajstić information content (AvgIpc) is 2.41. The zero-order chi connectivity index (χ0) is 15.7. The van der Waals surface area contributed by atoms with Crippen LogP contribution in [0.2, 0.25) is 0 Å². The molecule has 21 heavy (non-hydrogen) atoms. The van der Waals surface area contributed by atoms with Crippen LogP contribution in [0, 0.1) is 0 Å². The highest BCUT2D eigenvalue weighted by molar-refractivity contribution is 5.67. The molecule has 0 atom stereocenters. The Labute approximate surface area is 126 Å². The van der Waals surface area contributed by atoms with Gasteiger partial charge in [0.1, 0.15) is 11.4 Å². The summed E-state index contributed by atoms with van der Waals surface area (Å²) in [6, 6.07) is 7.75. The van der Waals surface area contributed by atoms with Crippen molar-refractivity contribution in [3.05, 3.63) is 29.8 Å². The molecule has 1 N–H and O–H groups in total. The molecule has 0 aromatic heterocycles. The third-order valence-corrected chi connectivity index (χ3v) is 2.56. The normalized spacial score (nSPS) is 11.0. The highest BCUT2D eigenvalue weighted by Gasteiger charge is 2.15. The van der Waals surface area contributed by atoms with Crippen molar-refractivity contribution in [2.75, 3.05) is 20.3 Å². The van der Waals surface area contributed by atoms with Crippen molar-refractivity contribution in [2.45, 2.75) is 39.4 Å². The zero-order valence-corrected chi connectivity index (χ0v) is 13.3. The van der Waals surface area contributed by atoms with Gasteiger partial charge in [0, 0.05) is 13.2 Å². The van der Waals surface area contributed by atoms with E-state index in [2.05, 4.69) is 5.32 Å². The standard InChI is InChI=1S/C16H25NO4/c1-16(2,3)21-15(18)17-10-5-11-20-12-13-6-8-14(19-4)9-7-13/h6-9H,5,10-12H2,1-4H3,(H,17,18). The number of benzene rings is 1. The lowest BCUT2D eigenvalue weighted by atomic mass is 10.2. The Hall–Kier alpha value is -1.75. The molecule has 1 rings (SSSR count). The molecule has 0 aliphatic carbocycles. The number of hydrogen-bond acceptors (Lipinski definition) is 4. The molecule has 0 unspecified atom stereocenters. The Balaban J connectivity index is 2.07. The van der Waals surface area contributed by atoms with Gasteiger partial charge in [-0.2, -0.15) is 0 Å². The van der Waals surface area contributed by atoms with Crippen molar-refractivity contribution in [2.24, 2.45) is 0 Å². The number of nitrogens with one attached hydrogen (secondary N) is 1. The summed E-state index contributed by atoms with van der Waals surface area (Å²) in [6.07, 6.45) is 0.354. The van der Waals surface area contributed by atoms with Crippen LogP contribution in [0.15, 0.2) is 24.3 Å². The fraction of sp³-hybridized carbons (Fsp3) is 0.562. The minimum Gasteiger partial charge on any atom is -0.497 e. The number of amides is 1. The minimum atomic E-state index is -0.463. The van der Waals surface area contributed by atoms with Gasteiger partial charge in [-0.3, -0.25) is 0 Å². The average molecular weight is 295 g/mol. The maximum absolute atomic E-state index is 11.4. The number of hydrogen-bond donors (Lipinski definition) is 1. The molecule has 1 amide bonds. The van der Waals surface area contributed by atoms with Gasteiger partial charge in [0.25, 0.3) is 0 Å². The number of rotatable bonds is 7. The Morgan fingerprint density at radius 3 is 2.43 bits per heavy atom. The summed E-state index contributed by atoms with van der Waals surface area (Å²) in [5.74, 6) is 0.834. The molecule has 0 saturated carbocycles. The van der Waals surface area contributed by atoms with E-state index in [4.69, 9.17) is 14.2 Å². The fourth-order valence-corrected chi connectivity index (χ4v) is 1.59. The summed E-state index contributed by atoms with van der Waals surface area (Å²) in [7, 11) is 1.64. The molecular weight excluding hydrogens is 270 g/mol. The van der Waals surface area contributed by atoms with Crippen molar-refractivity contribution >= 4 is 6.09 Å². The van der Waals surface area contributed by atoms with E-state index in [1.54, 1.807) is 7.11 Å². The van der Waals surface area contributed by atoms with E-state index in [0.29, 0.717) is 19.8 Å². The third-order valence-electron chi connectivity index (χ3n) is 2.56. The molecule has 1 aromatic carbocycles. The number of carbonyl (C=O) groups excluding carboxylic acids is 1. The van der Waals surface area contributed by atoms with Crippen molar-refractivity contribution in [1.29, 1.82) is 0 Å². The first-order valence-electron chi connectivity index (χ1n) is 7.08. The molecule has 0 aliphatic heterocycles. The molecule has 0 heterocycles. The van der Waals surface area contributed by atoms with E-state index >= 15 is 0 Å². The van der Waals surface area contributed by atoms with Gasteiger partial charge in [0.2, 0.25) is 0 Å². The van der Waals surface area contributed by atoms with Gasteiger partial charge in [-0.05, 0) is 44.9 Å².